The molecule has 0 atom stereocenters. The summed E-state index contributed by atoms with van der Waals surface area (Å²) in [4.78, 5) is 0. The van der Waals surface area contributed by atoms with Gasteiger partial charge in [0.2, 0.25) is 11.8 Å². The van der Waals surface area contributed by atoms with E-state index in [1.807, 2.05) is 6.07 Å². The third-order valence-electron chi connectivity index (χ3n) is 10.7. The van der Waals surface area contributed by atoms with E-state index in [2.05, 4.69) is 202 Å². The van der Waals surface area contributed by atoms with Gasteiger partial charge in [0.1, 0.15) is 0 Å². The predicted octanol–water partition coefficient (Wildman–Crippen LogP) is 12.9. The molecule has 0 N–H and O–H groups in total. The van der Waals surface area contributed by atoms with E-state index in [-0.39, 0.29) is 0 Å². The summed E-state index contributed by atoms with van der Waals surface area (Å²) >= 11 is 0. The van der Waals surface area contributed by atoms with E-state index < -0.39 is 0 Å². The molecule has 0 bridgehead atoms. The van der Waals surface area contributed by atoms with Crippen molar-refractivity contribution in [1.82, 2.24) is 19.3 Å². The topological polar surface area (TPSA) is 48.8 Å². The molecule has 3 aromatic heterocycles. The second-order valence-corrected chi connectivity index (χ2v) is 13.9. The second kappa shape index (κ2) is 12.6. The van der Waals surface area contributed by atoms with Gasteiger partial charge in [0.15, 0.2) is 0 Å². The molecule has 0 saturated carbocycles. The third kappa shape index (κ3) is 5.09. The number of benzene rings is 8. The van der Waals surface area contributed by atoms with E-state index in [1.165, 1.54) is 27.5 Å². The van der Waals surface area contributed by atoms with E-state index in [0.29, 0.717) is 11.8 Å². The Hall–Kier alpha value is -7.50. The molecule has 258 valence electrons. The van der Waals surface area contributed by atoms with Gasteiger partial charge in [0.25, 0.3) is 0 Å². The van der Waals surface area contributed by atoms with Gasteiger partial charge in [-0.1, -0.05) is 140 Å². The fourth-order valence-corrected chi connectivity index (χ4v) is 8.20. The van der Waals surface area contributed by atoms with Crippen LogP contribution in [0.25, 0.3) is 100 Å². The average molecular weight is 705 g/mol. The van der Waals surface area contributed by atoms with Gasteiger partial charge in [-0.3, -0.25) is 0 Å². The van der Waals surface area contributed by atoms with Gasteiger partial charge < -0.3 is 13.6 Å². The molecular weight excluding hydrogens is 673 g/mol. The van der Waals surface area contributed by atoms with Crippen LogP contribution >= 0.6 is 0 Å². The van der Waals surface area contributed by atoms with Gasteiger partial charge in [-0.25, -0.2) is 0 Å². The molecule has 0 radical (unpaired) electrons. The van der Waals surface area contributed by atoms with Crippen molar-refractivity contribution in [2.75, 3.05) is 0 Å². The van der Waals surface area contributed by atoms with Crippen molar-refractivity contribution in [2.24, 2.45) is 0 Å². The minimum absolute atomic E-state index is 0.470. The van der Waals surface area contributed by atoms with Crippen LogP contribution in [-0.4, -0.2) is 19.3 Å². The molecule has 0 aliphatic carbocycles. The van der Waals surface area contributed by atoms with Crippen LogP contribution in [0, 0.1) is 0 Å². The van der Waals surface area contributed by atoms with E-state index >= 15 is 0 Å². The van der Waals surface area contributed by atoms with Crippen LogP contribution in [0.4, 0.5) is 0 Å². The highest BCUT2D eigenvalue weighted by molar-refractivity contribution is 6.13. The molecule has 55 heavy (non-hydrogen) atoms. The first-order valence-corrected chi connectivity index (χ1v) is 18.5. The van der Waals surface area contributed by atoms with Crippen molar-refractivity contribution in [3.8, 4) is 56.5 Å². The number of fused-ring (bicyclic) bond motifs is 6. The zero-order valence-electron chi connectivity index (χ0n) is 29.7. The van der Waals surface area contributed by atoms with Crippen molar-refractivity contribution in [3.05, 3.63) is 194 Å². The highest BCUT2D eigenvalue weighted by Gasteiger charge is 2.21. The highest BCUT2D eigenvalue weighted by Crippen LogP contribution is 2.40. The van der Waals surface area contributed by atoms with E-state index in [0.717, 1.165) is 60.9 Å². The molecule has 11 aromatic rings. The number of rotatable bonds is 6. The zero-order chi connectivity index (χ0) is 36.3. The van der Waals surface area contributed by atoms with Crippen molar-refractivity contribution < 1.29 is 4.42 Å². The summed E-state index contributed by atoms with van der Waals surface area (Å²) in [6, 6.07) is 68.3. The quantitative estimate of drug-likeness (QED) is 0.173. The summed E-state index contributed by atoms with van der Waals surface area (Å²) in [6.07, 6.45) is 0. The third-order valence-corrected chi connectivity index (χ3v) is 10.7. The molecule has 11 rings (SSSR count). The maximum absolute atomic E-state index is 6.64. The molecule has 0 spiro atoms. The van der Waals surface area contributed by atoms with Gasteiger partial charge in [0, 0.05) is 38.5 Å². The minimum atomic E-state index is 0.470. The Bertz CT molecular complexity index is 3210. The van der Waals surface area contributed by atoms with Crippen molar-refractivity contribution >= 4 is 43.6 Å². The molecule has 5 nitrogen and oxygen atoms in total. The number of nitrogens with zero attached hydrogens (tertiary/aromatic N) is 4. The Balaban J connectivity index is 1.06. The van der Waals surface area contributed by atoms with Crippen molar-refractivity contribution in [1.29, 1.82) is 0 Å². The maximum Gasteiger partial charge on any atom is 0.250 e. The number of aromatic nitrogens is 4. The molecule has 3 heterocycles. The lowest BCUT2D eigenvalue weighted by Gasteiger charge is -2.12. The van der Waals surface area contributed by atoms with Crippen LogP contribution in [0.3, 0.4) is 0 Å². The lowest BCUT2D eigenvalue weighted by molar-refractivity contribution is 0.585. The Labute approximate surface area is 317 Å². The predicted molar refractivity (Wildman–Crippen MR) is 225 cm³/mol. The number of para-hydroxylation sites is 3. The maximum atomic E-state index is 6.64. The molecule has 0 aliphatic rings. The lowest BCUT2D eigenvalue weighted by atomic mass is 10.0. The summed E-state index contributed by atoms with van der Waals surface area (Å²) in [6.45, 7) is 0. The molecule has 5 heteroatoms. The smallest absolute Gasteiger partial charge is 0.250 e. The standard InChI is InChI=1S/C50H32N4O/c1-3-14-33(15-4-1)35-18-11-20-38(30-35)53-45-26-9-7-22-40(45)42-29-28-37(32-47(42)53)49-51-52-50(55-49)44-25-13-24-43-41-23-8-10-27-46(41)54(48(43)44)39-21-12-19-36(31-39)34-16-5-2-6-17-34/h1-32H. The first-order valence-electron chi connectivity index (χ1n) is 18.5. The Morgan fingerprint density at radius 2 is 0.836 bits per heavy atom. The Morgan fingerprint density at radius 3 is 1.53 bits per heavy atom. The molecule has 0 fully saturated rings. The molecule has 0 saturated heterocycles. The molecule has 8 aromatic carbocycles. The highest BCUT2D eigenvalue weighted by atomic mass is 16.4. The molecule has 0 unspecified atom stereocenters. The van der Waals surface area contributed by atoms with E-state index in [9.17, 15) is 0 Å². The largest absolute Gasteiger partial charge is 0.416 e. The van der Waals surface area contributed by atoms with Gasteiger partial charge in [-0.15, -0.1) is 10.2 Å². The van der Waals surface area contributed by atoms with Crippen LogP contribution in [-0.2, 0) is 0 Å². The van der Waals surface area contributed by atoms with Gasteiger partial charge in [-0.2, -0.15) is 0 Å². The van der Waals surface area contributed by atoms with Gasteiger partial charge >= 0.3 is 0 Å². The van der Waals surface area contributed by atoms with Crippen LogP contribution < -0.4 is 0 Å². The van der Waals surface area contributed by atoms with E-state index in [1.54, 1.807) is 0 Å². The summed E-state index contributed by atoms with van der Waals surface area (Å²) in [5, 5.41) is 14.0. The van der Waals surface area contributed by atoms with Crippen molar-refractivity contribution in [2.45, 2.75) is 0 Å². The zero-order valence-corrected chi connectivity index (χ0v) is 29.7. The number of hydrogen-bond acceptors (Lipinski definition) is 3. The Kier molecular flexibility index (Phi) is 7.10. The SMILES string of the molecule is c1ccc(-c2cccc(-n3c4ccccc4c4ccc(-c5nnc(-c6cccc7c8ccccc8n(-c8cccc(-c9ccccc9)c8)c67)o5)cc43)c2)cc1. The van der Waals surface area contributed by atoms with Crippen molar-refractivity contribution in [3.63, 3.8) is 0 Å². The summed E-state index contributed by atoms with van der Waals surface area (Å²) < 4.78 is 11.3. The minimum Gasteiger partial charge on any atom is -0.416 e. The van der Waals surface area contributed by atoms with Crippen LogP contribution in [0.1, 0.15) is 0 Å². The fraction of sp³-hybridized carbons (Fsp3) is 0. The molecular formula is C50H32N4O. The Morgan fingerprint density at radius 1 is 0.327 bits per heavy atom. The summed E-state index contributed by atoms with van der Waals surface area (Å²) in [5.41, 5.74) is 12.9. The number of hydrogen-bond donors (Lipinski definition) is 0. The average Bonchev–Trinajstić information content (AvgIpc) is 3.98. The van der Waals surface area contributed by atoms with Crippen LogP contribution in [0.15, 0.2) is 199 Å². The second-order valence-electron chi connectivity index (χ2n) is 13.9. The first-order chi connectivity index (χ1) is 27.3. The van der Waals surface area contributed by atoms with Crippen LogP contribution in [0.5, 0.6) is 0 Å². The van der Waals surface area contributed by atoms with Gasteiger partial charge in [-0.05, 0) is 76.9 Å². The summed E-state index contributed by atoms with van der Waals surface area (Å²) in [7, 11) is 0. The van der Waals surface area contributed by atoms with Crippen LogP contribution in [0.2, 0.25) is 0 Å². The monoisotopic (exact) mass is 704 g/mol. The first kappa shape index (κ1) is 31.1. The normalized spacial score (nSPS) is 11.6. The van der Waals surface area contributed by atoms with E-state index in [4.69, 9.17) is 9.52 Å². The summed E-state index contributed by atoms with van der Waals surface area (Å²) in [5.74, 6) is 0.942. The fourth-order valence-electron chi connectivity index (χ4n) is 8.20. The molecule has 0 aliphatic heterocycles. The lowest BCUT2D eigenvalue weighted by Crippen LogP contribution is -1.96. The molecule has 0 amide bonds. The van der Waals surface area contributed by atoms with Gasteiger partial charge in [0.05, 0.1) is 27.6 Å².